The minimum Gasteiger partial charge on any atom is -0.311 e. The quantitative estimate of drug-likeness (QED) is 0.160. The Hall–Kier alpha value is -5.49. The zero-order valence-corrected chi connectivity index (χ0v) is 43.1. The van der Waals surface area contributed by atoms with E-state index in [-0.39, 0.29) is 33.8 Å². The Labute approximate surface area is 407 Å². The summed E-state index contributed by atoms with van der Waals surface area (Å²) in [6, 6.07) is 52.5. The van der Waals surface area contributed by atoms with Crippen LogP contribution in [0.3, 0.4) is 0 Å². The topological polar surface area (TPSA) is 6.48 Å². The second kappa shape index (κ2) is 14.0. The van der Waals surface area contributed by atoms with Gasteiger partial charge in [-0.3, -0.25) is 0 Å². The Morgan fingerprint density at radius 2 is 1.04 bits per heavy atom. The minimum absolute atomic E-state index is 0.0169. The van der Waals surface area contributed by atoms with Gasteiger partial charge in [-0.15, -0.1) is 11.3 Å². The van der Waals surface area contributed by atoms with Crippen molar-refractivity contribution in [1.29, 1.82) is 0 Å². The zero-order chi connectivity index (χ0) is 46.9. The van der Waals surface area contributed by atoms with Crippen molar-refractivity contribution in [2.75, 3.05) is 9.80 Å². The van der Waals surface area contributed by atoms with Crippen molar-refractivity contribution < 1.29 is 0 Å². The van der Waals surface area contributed by atoms with Gasteiger partial charge < -0.3 is 9.80 Å². The highest BCUT2D eigenvalue weighted by molar-refractivity contribution is 7.99. The molecule has 12 rings (SSSR count). The Morgan fingerprint density at radius 1 is 0.478 bits per heavy atom. The van der Waals surface area contributed by atoms with E-state index in [0.29, 0.717) is 0 Å². The van der Waals surface area contributed by atoms with Crippen LogP contribution in [-0.4, -0.2) is 6.71 Å². The number of fused-ring (bicyclic) bond motifs is 12. The number of nitrogens with zero attached hydrogens (tertiary/aromatic N) is 2. The molecule has 0 unspecified atom stereocenters. The van der Waals surface area contributed by atoms with Crippen LogP contribution >= 0.6 is 23.1 Å². The fourth-order valence-electron chi connectivity index (χ4n) is 12.0. The van der Waals surface area contributed by atoms with E-state index in [9.17, 15) is 0 Å². The van der Waals surface area contributed by atoms with Crippen molar-refractivity contribution in [3.05, 3.63) is 172 Å². The Balaban J connectivity index is 1.24. The molecule has 0 saturated heterocycles. The highest BCUT2D eigenvalue weighted by atomic mass is 32.2. The summed E-state index contributed by atoms with van der Waals surface area (Å²) in [7, 11) is 0. The molecule has 4 aliphatic rings. The SMILES string of the molecule is CC(C)(C)c1ccc(N2c3ccc(C(C)(C)C)cc3B3c4sc5cc6c(cc5c4N(c4ccc(C(C)(C)C)cc4)c4cc5c(c2c43)C(C)(C)c2ccccc2S5)-c2ccccc2C6(C)C)cc1. The molecule has 4 heterocycles. The van der Waals surface area contributed by atoms with Crippen molar-refractivity contribution in [2.24, 2.45) is 0 Å². The number of thiophene rings is 1. The second-order valence-corrected chi connectivity index (χ2v) is 26.0. The van der Waals surface area contributed by atoms with Crippen LogP contribution in [0.1, 0.15) is 129 Å². The number of benzene rings is 7. The average molecular weight is 909 g/mol. The van der Waals surface area contributed by atoms with Crippen LogP contribution in [0, 0.1) is 0 Å². The van der Waals surface area contributed by atoms with Gasteiger partial charge in [0.1, 0.15) is 0 Å². The maximum Gasteiger partial charge on any atom is 0.264 e. The number of hydrogen-bond donors (Lipinski definition) is 0. The summed E-state index contributed by atoms with van der Waals surface area (Å²) >= 11 is 3.98. The zero-order valence-electron chi connectivity index (χ0n) is 41.5. The third kappa shape index (κ3) is 6.15. The van der Waals surface area contributed by atoms with Crippen LogP contribution in [0.15, 0.2) is 143 Å². The van der Waals surface area contributed by atoms with Gasteiger partial charge in [0.2, 0.25) is 0 Å². The lowest BCUT2D eigenvalue weighted by Gasteiger charge is -2.48. The van der Waals surface area contributed by atoms with E-state index in [4.69, 9.17) is 0 Å². The van der Waals surface area contributed by atoms with E-state index in [1.165, 1.54) is 120 Å². The summed E-state index contributed by atoms with van der Waals surface area (Å²) in [5.41, 5.74) is 22.5. The van der Waals surface area contributed by atoms with Crippen molar-refractivity contribution >= 4 is 89.7 Å². The first-order valence-corrected chi connectivity index (χ1v) is 25.9. The first-order valence-electron chi connectivity index (χ1n) is 24.3. The van der Waals surface area contributed by atoms with Gasteiger partial charge in [0.05, 0.1) is 5.69 Å². The molecule has 3 aliphatic heterocycles. The maximum atomic E-state index is 2.68. The van der Waals surface area contributed by atoms with E-state index in [2.05, 4.69) is 233 Å². The van der Waals surface area contributed by atoms with Crippen molar-refractivity contribution in [3.63, 3.8) is 0 Å². The molecular formula is C62H61BN2S2. The van der Waals surface area contributed by atoms with Crippen molar-refractivity contribution in [2.45, 2.75) is 127 Å². The molecule has 334 valence electrons. The van der Waals surface area contributed by atoms with E-state index < -0.39 is 0 Å². The molecular weight excluding hydrogens is 848 g/mol. The molecule has 8 aromatic rings. The second-order valence-electron chi connectivity index (χ2n) is 23.9. The number of rotatable bonds is 2. The molecule has 1 aliphatic carbocycles. The van der Waals surface area contributed by atoms with Crippen molar-refractivity contribution in [3.8, 4) is 11.1 Å². The van der Waals surface area contributed by atoms with Crippen LogP contribution in [0.5, 0.6) is 0 Å². The summed E-state index contributed by atoms with van der Waals surface area (Å²) in [5.74, 6) is 0. The molecule has 0 amide bonds. The van der Waals surface area contributed by atoms with Crippen LogP contribution < -0.4 is 25.5 Å². The molecule has 0 radical (unpaired) electrons. The highest BCUT2D eigenvalue weighted by Gasteiger charge is 2.50. The van der Waals surface area contributed by atoms with E-state index in [1.807, 2.05) is 23.1 Å². The first-order chi connectivity index (χ1) is 31.6. The lowest BCUT2D eigenvalue weighted by atomic mass is 9.35. The lowest BCUT2D eigenvalue weighted by Crippen LogP contribution is -2.61. The van der Waals surface area contributed by atoms with Gasteiger partial charge in [0.15, 0.2) is 0 Å². The molecule has 0 N–H and O–H groups in total. The normalized spacial score (nSPS) is 16.2. The predicted octanol–water partition coefficient (Wildman–Crippen LogP) is 16.0. The van der Waals surface area contributed by atoms with Gasteiger partial charge in [0, 0.05) is 63.9 Å². The van der Waals surface area contributed by atoms with Crippen molar-refractivity contribution in [1.82, 2.24) is 0 Å². The minimum atomic E-state index is -0.280. The molecule has 0 atom stereocenters. The van der Waals surface area contributed by atoms with Gasteiger partial charge >= 0.3 is 0 Å². The molecule has 0 fully saturated rings. The number of hydrogen-bond acceptors (Lipinski definition) is 4. The molecule has 0 bridgehead atoms. The van der Waals surface area contributed by atoms with Crippen LogP contribution in [0.25, 0.3) is 21.2 Å². The van der Waals surface area contributed by atoms with E-state index in [0.717, 1.165) is 0 Å². The van der Waals surface area contributed by atoms with E-state index >= 15 is 0 Å². The summed E-state index contributed by atoms with van der Waals surface area (Å²) in [5, 5.41) is 1.34. The van der Waals surface area contributed by atoms with Crippen LogP contribution in [0.2, 0.25) is 0 Å². The average Bonchev–Trinajstić information content (AvgIpc) is 3.75. The molecule has 7 aromatic carbocycles. The van der Waals surface area contributed by atoms with E-state index in [1.54, 1.807) is 0 Å². The number of anilines is 6. The lowest BCUT2D eigenvalue weighted by molar-refractivity contribution is 0.590. The molecule has 67 heavy (non-hydrogen) atoms. The third-order valence-electron chi connectivity index (χ3n) is 15.7. The summed E-state index contributed by atoms with van der Waals surface area (Å²) in [6.07, 6.45) is 0. The fourth-order valence-corrected chi connectivity index (χ4v) is 14.7. The predicted molar refractivity (Wildman–Crippen MR) is 292 cm³/mol. The smallest absolute Gasteiger partial charge is 0.264 e. The van der Waals surface area contributed by atoms with Crippen LogP contribution in [-0.2, 0) is 27.1 Å². The molecule has 2 nitrogen and oxygen atoms in total. The Bertz CT molecular complexity index is 3390. The molecule has 5 heteroatoms. The Morgan fingerprint density at radius 3 is 1.67 bits per heavy atom. The highest BCUT2D eigenvalue weighted by Crippen LogP contribution is 2.59. The summed E-state index contributed by atoms with van der Waals surface area (Å²) in [4.78, 5) is 8.03. The standard InChI is InChI=1S/C62H61BN2S2/c1-58(2,3)36-22-27-39(28-23-36)64-48-31-26-38(60(7,8)9)32-47(48)63-54-49(35-52-53(56(54)64)62(12,13)45-20-16-17-21-50(45)66-52)65(40-29-24-37(25-30-40)59(4,5)6)55-43-33-42-41-18-14-15-19-44(41)61(10,11)46(42)34-51(43)67-57(55)63/h14-35H,1-13H3. The molecule has 1 aromatic heterocycles. The maximum absolute atomic E-state index is 2.68. The van der Waals surface area contributed by atoms with Gasteiger partial charge in [-0.05, 0) is 132 Å². The first kappa shape index (κ1) is 42.8. The fraction of sp³-hybridized carbons (Fsp3) is 0.290. The van der Waals surface area contributed by atoms with Crippen LogP contribution in [0.4, 0.5) is 34.1 Å². The Kier molecular flexibility index (Phi) is 8.98. The van der Waals surface area contributed by atoms with Gasteiger partial charge in [-0.1, -0.05) is 181 Å². The van der Waals surface area contributed by atoms with Gasteiger partial charge in [-0.2, -0.15) is 0 Å². The monoisotopic (exact) mass is 908 g/mol. The summed E-state index contributed by atoms with van der Waals surface area (Å²) in [6.45, 7) is 30.8. The van der Waals surface area contributed by atoms with Gasteiger partial charge in [-0.25, -0.2) is 0 Å². The molecule has 0 spiro atoms. The third-order valence-corrected chi connectivity index (χ3v) is 18.1. The summed E-state index contributed by atoms with van der Waals surface area (Å²) < 4.78 is 2.78. The largest absolute Gasteiger partial charge is 0.311 e. The molecule has 0 saturated carbocycles. The van der Waals surface area contributed by atoms with Gasteiger partial charge in [0.25, 0.3) is 6.71 Å².